The lowest BCUT2D eigenvalue weighted by Gasteiger charge is -2.32. The molecular formula is C19H26ClN5O3. The van der Waals surface area contributed by atoms with E-state index in [1.807, 2.05) is 4.90 Å². The molecule has 9 heteroatoms. The maximum Gasteiger partial charge on any atom is 0.322 e. The van der Waals surface area contributed by atoms with Gasteiger partial charge in [0.05, 0.1) is 0 Å². The number of halogens is 1. The van der Waals surface area contributed by atoms with E-state index < -0.39 is 11.6 Å². The highest BCUT2D eigenvalue weighted by Gasteiger charge is 2.43. The minimum absolute atomic E-state index is 0. The zero-order valence-corrected chi connectivity index (χ0v) is 16.7. The van der Waals surface area contributed by atoms with Crippen LogP contribution in [0.25, 0.3) is 0 Å². The van der Waals surface area contributed by atoms with E-state index in [2.05, 4.69) is 20.9 Å². The molecule has 0 spiro atoms. The topological polar surface area (TPSA) is 93.8 Å². The molecule has 3 N–H and O–H groups in total. The summed E-state index contributed by atoms with van der Waals surface area (Å²) in [7, 11) is 0. The molecule has 2 unspecified atom stereocenters. The van der Waals surface area contributed by atoms with Crippen LogP contribution in [-0.4, -0.2) is 73.0 Å². The van der Waals surface area contributed by atoms with E-state index in [1.54, 1.807) is 31.2 Å². The van der Waals surface area contributed by atoms with Crippen LogP contribution < -0.4 is 16.0 Å². The number of piperazine rings is 1. The number of hydrogen-bond acceptors (Lipinski definition) is 5. The lowest BCUT2D eigenvalue weighted by Crippen LogP contribution is -2.49. The van der Waals surface area contributed by atoms with Gasteiger partial charge in [-0.1, -0.05) is 12.1 Å². The number of rotatable bonds is 3. The largest absolute Gasteiger partial charge is 0.337 e. The molecule has 3 aliphatic heterocycles. The molecule has 4 rings (SSSR count). The summed E-state index contributed by atoms with van der Waals surface area (Å²) in [4.78, 5) is 40.7. The van der Waals surface area contributed by atoms with Crippen LogP contribution in [-0.2, 0) is 10.3 Å². The van der Waals surface area contributed by atoms with Gasteiger partial charge in [0.25, 0.3) is 11.8 Å². The van der Waals surface area contributed by atoms with Crippen molar-refractivity contribution in [2.75, 3.05) is 39.3 Å². The lowest BCUT2D eigenvalue weighted by atomic mass is 9.91. The van der Waals surface area contributed by atoms with Crippen molar-refractivity contribution in [1.82, 2.24) is 25.8 Å². The third kappa shape index (κ3) is 3.72. The first-order chi connectivity index (χ1) is 13.0. The molecule has 0 radical (unpaired) electrons. The van der Waals surface area contributed by atoms with Gasteiger partial charge in [0.2, 0.25) is 0 Å². The molecule has 152 valence electrons. The van der Waals surface area contributed by atoms with Crippen LogP contribution >= 0.6 is 12.4 Å². The van der Waals surface area contributed by atoms with Crippen molar-refractivity contribution in [2.45, 2.75) is 24.9 Å². The van der Waals surface area contributed by atoms with Gasteiger partial charge in [0.15, 0.2) is 0 Å². The number of urea groups is 1. The number of amides is 4. The molecule has 0 saturated carbocycles. The second-order valence-electron chi connectivity index (χ2n) is 7.59. The molecule has 4 amide bonds. The Morgan fingerprint density at radius 3 is 2.39 bits per heavy atom. The minimum atomic E-state index is -1.10. The fourth-order valence-electron chi connectivity index (χ4n) is 4.15. The Morgan fingerprint density at radius 2 is 1.79 bits per heavy atom. The molecule has 8 nitrogen and oxygen atoms in total. The second-order valence-corrected chi connectivity index (χ2v) is 7.59. The Hall–Kier alpha value is -2.16. The van der Waals surface area contributed by atoms with E-state index in [0.29, 0.717) is 17.2 Å². The van der Waals surface area contributed by atoms with Crippen LogP contribution in [0.4, 0.5) is 4.79 Å². The van der Waals surface area contributed by atoms with Crippen LogP contribution in [0.1, 0.15) is 29.3 Å². The Morgan fingerprint density at radius 1 is 1.11 bits per heavy atom. The molecule has 1 aromatic rings. The van der Waals surface area contributed by atoms with E-state index in [0.717, 1.165) is 45.7 Å². The first-order valence-corrected chi connectivity index (χ1v) is 9.45. The molecule has 3 heterocycles. The average molecular weight is 408 g/mol. The fourth-order valence-corrected chi connectivity index (χ4v) is 4.15. The van der Waals surface area contributed by atoms with Gasteiger partial charge in [0, 0.05) is 50.9 Å². The minimum Gasteiger partial charge on any atom is -0.337 e. The Kier molecular flexibility index (Phi) is 5.92. The van der Waals surface area contributed by atoms with Crippen LogP contribution in [0.3, 0.4) is 0 Å². The summed E-state index contributed by atoms with van der Waals surface area (Å²) >= 11 is 0. The first-order valence-electron chi connectivity index (χ1n) is 9.45. The van der Waals surface area contributed by atoms with Crippen LogP contribution in [0, 0.1) is 0 Å². The highest BCUT2D eigenvalue weighted by atomic mass is 35.5. The quantitative estimate of drug-likeness (QED) is 0.626. The SMILES string of the molecule is CC1(c2ccc(C(=O)N3CCC(N4CCNCC4)C3)cc2)NC(=O)NC1=O.Cl. The summed E-state index contributed by atoms with van der Waals surface area (Å²) in [6, 6.07) is 6.88. The number of likely N-dealkylation sites (tertiary alicyclic amines) is 1. The van der Waals surface area contributed by atoms with Crippen molar-refractivity contribution < 1.29 is 14.4 Å². The van der Waals surface area contributed by atoms with Gasteiger partial charge < -0.3 is 15.5 Å². The monoisotopic (exact) mass is 407 g/mol. The Labute approximate surface area is 170 Å². The standard InChI is InChI=1S/C19H25N5O3.ClH/c1-19(17(26)21-18(27)22-19)14-4-2-13(3-5-14)16(25)24-9-6-15(12-24)23-10-7-20-8-11-23;/h2-5,15,20H,6-12H2,1H3,(H2,21,22,26,27);1H. The molecule has 0 aromatic heterocycles. The number of hydrogen-bond donors (Lipinski definition) is 3. The number of benzene rings is 1. The fraction of sp³-hybridized carbons (Fsp3) is 0.526. The third-order valence-electron chi connectivity index (χ3n) is 5.87. The van der Waals surface area contributed by atoms with Crippen LogP contribution in [0.15, 0.2) is 24.3 Å². The summed E-state index contributed by atoms with van der Waals surface area (Å²) in [5.41, 5.74) is 0.162. The molecular weight excluding hydrogens is 382 g/mol. The van der Waals surface area contributed by atoms with Gasteiger partial charge in [-0.3, -0.25) is 19.8 Å². The third-order valence-corrected chi connectivity index (χ3v) is 5.87. The van der Waals surface area contributed by atoms with Crippen LogP contribution in [0.2, 0.25) is 0 Å². The zero-order chi connectivity index (χ0) is 19.0. The molecule has 3 saturated heterocycles. The van der Waals surface area contributed by atoms with E-state index in [1.165, 1.54) is 0 Å². The Balaban J connectivity index is 0.00000225. The van der Waals surface area contributed by atoms with Crippen molar-refractivity contribution in [3.05, 3.63) is 35.4 Å². The van der Waals surface area contributed by atoms with Crippen LogP contribution in [0.5, 0.6) is 0 Å². The van der Waals surface area contributed by atoms with Crippen molar-refractivity contribution in [3.63, 3.8) is 0 Å². The highest BCUT2D eigenvalue weighted by Crippen LogP contribution is 2.25. The predicted octanol–water partition coefficient (Wildman–Crippen LogP) is 0.283. The molecule has 0 bridgehead atoms. The number of nitrogens with zero attached hydrogens (tertiary/aromatic N) is 2. The summed E-state index contributed by atoms with van der Waals surface area (Å²) in [5.74, 6) is -0.366. The Bertz CT molecular complexity index is 765. The summed E-state index contributed by atoms with van der Waals surface area (Å²) < 4.78 is 0. The predicted molar refractivity (Wildman–Crippen MR) is 106 cm³/mol. The first kappa shape index (κ1) is 20.6. The number of carbonyl (C=O) groups is 3. The second kappa shape index (κ2) is 8.06. The molecule has 3 fully saturated rings. The van der Waals surface area contributed by atoms with Crippen molar-refractivity contribution in [3.8, 4) is 0 Å². The molecule has 3 aliphatic rings. The summed E-state index contributed by atoms with van der Waals surface area (Å²) in [5, 5.41) is 8.25. The van der Waals surface area contributed by atoms with Crippen molar-refractivity contribution >= 4 is 30.3 Å². The maximum absolute atomic E-state index is 12.9. The number of imide groups is 1. The molecule has 0 aliphatic carbocycles. The van der Waals surface area contributed by atoms with Crippen molar-refractivity contribution in [2.24, 2.45) is 0 Å². The lowest BCUT2D eigenvalue weighted by molar-refractivity contribution is -0.123. The summed E-state index contributed by atoms with van der Waals surface area (Å²) in [6.07, 6.45) is 1.01. The van der Waals surface area contributed by atoms with Gasteiger partial charge in [0.1, 0.15) is 5.54 Å². The maximum atomic E-state index is 12.9. The van der Waals surface area contributed by atoms with Gasteiger partial charge in [-0.05, 0) is 31.0 Å². The zero-order valence-electron chi connectivity index (χ0n) is 15.9. The van der Waals surface area contributed by atoms with Crippen molar-refractivity contribution in [1.29, 1.82) is 0 Å². The van der Waals surface area contributed by atoms with E-state index in [-0.39, 0.29) is 24.2 Å². The number of carbonyl (C=O) groups excluding carboxylic acids is 3. The molecule has 1 aromatic carbocycles. The van der Waals surface area contributed by atoms with E-state index in [9.17, 15) is 14.4 Å². The summed E-state index contributed by atoms with van der Waals surface area (Å²) in [6.45, 7) is 7.27. The normalized spacial score (nSPS) is 27.9. The molecule has 2 atom stereocenters. The number of nitrogens with one attached hydrogen (secondary N) is 3. The van der Waals surface area contributed by atoms with E-state index in [4.69, 9.17) is 0 Å². The smallest absolute Gasteiger partial charge is 0.322 e. The van der Waals surface area contributed by atoms with E-state index >= 15 is 0 Å². The van der Waals surface area contributed by atoms with Gasteiger partial charge >= 0.3 is 6.03 Å². The van der Waals surface area contributed by atoms with Gasteiger partial charge in [-0.25, -0.2) is 4.79 Å². The van der Waals surface area contributed by atoms with Gasteiger partial charge in [-0.15, -0.1) is 12.4 Å². The van der Waals surface area contributed by atoms with Gasteiger partial charge in [-0.2, -0.15) is 0 Å². The molecule has 28 heavy (non-hydrogen) atoms. The highest BCUT2D eigenvalue weighted by molar-refractivity contribution is 6.07. The average Bonchev–Trinajstić information content (AvgIpc) is 3.27.